The fraction of sp³-hybridized carbons (Fsp3) is 0.533. The Morgan fingerprint density at radius 1 is 1.42 bits per heavy atom. The van der Waals surface area contributed by atoms with Crippen LogP contribution in [-0.2, 0) is 0 Å². The molecule has 0 saturated heterocycles. The molecule has 3 N–H and O–H groups in total. The Morgan fingerprint density at radius 2 is 2.11 bits per heavy atom. The molecule has 19 heavy (non-hydrogen) atoms. The minimum atomic E-state index is -0.115. The van der Waals surface area contributed by atoms with Crippen LogP contribution in [0.4, 0.5) is 5.69 Å². The van der Waals surface area contributed by atoms with Gasteiger partial charge in [0.25, 0.3) is 5.91 Å². The summed E-state index contributed by atoms with van der Waals surface area (Å²) in [5, 5.41) is 3.06. The minimum Gasteiger partial charge on any atom is -0.497 e. The van der Waals surface area contributed by atoms with Gasteiger partial charge in [-0.2, -0.15) is 0 Å². The molecule has 1 amide bonds. The van der Waals surface area contributed by atoms with Gasteiger partial charge >= 0.3 is 0 Å². The molecule has 104 valence electrons. The summed E-state index contributed by atoms with van der Waals surface area (Å²) in [5.41, 5.74) is 6.83. The van der Waals surface area contributed by atoms with E-state index < -0.39 is 0 Å². The zero-order valence-corrected chi connectivity index (χ0v) is 11.6. The van der Waals surface area contributed by atoms with Gasteiger partial charge in [0, 0.05) is 11.7 Å². The lowest BCUT2D eigenvalue weighted by Gasteiger charge is -2.21. The Hall–Kier alpha value is -1.71. The second kappa shape index (κ2) is 5.95. The van der Waals surface area contributed by atoms with Crippen LogP contribution in [-0.4, -0.2) is 19.1 Å². The molecule has 1 unspecified atom stereocenters. The Kier molecular flexibility index (Phi) is 4.30. The number of benzene rings is 1. The molecule has 1 aliphatic rings. The Morgan fingerprint density at radius 3 is 2.74 bits per heavy atom. The zero-order valence-electron chi connectivity index (χ0n) is 11.6. The van der Waals surface area contributed by atoms with Gasteiger partial charge in [-0.25, -0.2) is 0 Å². The maximum absolute atomic E-state index is 12.3. The lowest BCUT2D eigenvalue weighted by atomic mass is 9.99. The molecular weight excluding hydrogens is 240 g/mol. The van der Waals surface area contributed by atoms with E-state index in [1.807, 2.05) is 0 Å². The van der Waals surface area contributed by atoms with Crippen molar-refractivity contribution in [2.75, 3.05) is 12.8 Å². The first-order valence-corrected chi connectivity index (χ1v) is 6.86. The molecule has 1 fully saturated rings. The van der Waals surface area contributed by atoms with Crippen LogP contribution >= 0.6 is 0 Å². The SMILES string of the molecule is COc1ccc(N)c(C(=O)NC(C)C2CCCC2)c1. The highest BCUT2D eigenvalue weighted by Gasteiger charge is 2.23. The summed E-state index contributed by atoms with van der Waals surface area (Å²) in [6.45, 7) is 2.07. The van der Waals surface area contributed by atoms with E-state index in [-0.39, 0.29) is 11.9 Å². The number of anilines is 1. The first kappa shape index (κ1) is 13.7. The number of carbonyl (C=O) groups is 1. The molecule has 0 aromatic heterocycles. The summed E-state index contributed by atoms with van der Waals surface area (Å²) in [6, 6.07) is 5.34. The van der Waals surface area contributed by atoms with Gasteiger partial charge in [-0.3, -0.25) is 4.79 Å². The van der Waals surface area contributed by atoms with E-state index in [1.165, 1.54) is 25.7 Å². The van der Waals surface area contributed by atoms with Gasteiger partial charge in [-0.05, 0) is 43.9 Å². The van der Waals surface area contributed by atoms with Crippen molar-refractivity contribution in [3.05, 3.63) is 23.8 Å². The highest BCUT2D eigenvalue weighted by molar-refractivity contribution is 5.99. The highest BCUT2D eigenvalue weighted by Crippen LogP contribution is 2.28. The van der Waals surface area contributed by atoms with E-state index in [2.05, 4.69) is 12.2 Å². The molecule has 2 rings (SSSR count). The predicted molar refractivity (Wildman–Crippen MR) is 76.3 cm³/mol. The van der Waals surface area contributed by atoms with Crippen LogP contribution in [0.5, 0.6) is 5.75 Å². The number of ether oxygens (including phenoxy) is 1. The van der Waals surface area contributed by atoms with Crippen molar-refractivity contribution in [3.63, 3.8) is 0 Å². The summed E-state index contributed by atoms with van der Waals surface area (Å²) < 4.78 is 5.13. The second-order valence-corrected chi connectivity index (χ2v) is 5.26. The van der Waals surface area contributed by atoms with E-state index in [0.717, 1.165) is 0 Å². The number of carbonyl (C=O) groups excluding carboxylic acids is 1. The second-order valence-electron chi connectivity index (χ2n) is 5.26. The quantitative estimate of drug-likeness (QED) is 0.820. The normalized spacial score (nSPS) is 17.2. The molecule has 1 aliphatic carbocycles. The van der Waals surface area contributed by atoms with Crippen LogP contribution in [0, 0.1) is 5.92 Å². The number of rotatable bonds is 4. The molecule has 1 aromatic carbocycles. The molecule has 0 aliphatic heterocycles. The fourth-order valence-electron chi connectivity index (χ4n) is 2.72. The van der Waals surface area contributed by atoms with Gasteiger partial charge in [0.15, 0.2) is 0 Å². The molecule has 0 bridgehead atoms. The van der Waals surface area contributed by atoms with E-state index in [0.29, 0.717) is 22.9 Å². The monoisotopic (exact) mass is 262 g/mol. The van der Waals surface area contributed by atoms with Gasteiger partial charge in [-0.15, -0.1) is 0 Å². The number of nitrogens with one attached hydrogen (secondary N) is 1. The summed E-state index contributed by atoms with van der Waals surface area (Å²) in [5.74, 6) is 1.12. The third-order valence-corrected chi connectivity index (χ3v) is 3.97. The van der Waals surface area contributed by atoms with Crippen molar-refractivity contribution in [3.8, 4) is 5.75 Å². The average molecular weight is 262 g/mol. The van der Waals surface area contributed by atoms with Gasteiger partial charge in [-0.1, -0.05) is 12.8 Å². The summed E-state index contributed by atoms with van der Waals surface area (Å²) in [6.07, 6.45) is 4.95. The maximum Gasteiger partial charge on any atom is 0.253 e. The Bertz CT molecular complexity index is 453. The Labute approximate surface area is 114 Å². The van der Waals surface area contributed by atoms with Crippen LogP contribution in [0.15, 0.2) is 18.2 Å². The van der Waals surface area contributed by atoms with Crippen molar-refractivity contribution in [2.24, 2.45) is 5.92 Å². The van der Waals surface area contributed by atoms with Crippen molar-refractivity contribution < 1.29 is 9.53 Å². The van der Waals surface area contributed by atoms with Gasteiger partial charge in [0.1, 0.15) is 5.75 Å². The zero-order chi connectivity index (χ0) is 13.8. The van der Waals surface area contributed by atoms with Crippen LogP contribution in [0.3, 0.4) is 0 Å². The number of methoxy groups -OCH3 is 1. The predicted octanol–water partition coefficient (Wildman–Crippen LogP) is 2.59. The lowest BCUT2D eigenvalue weighted by molar-refractivity contribution is 0.0928. The third-order valence-electron chi connectivity index (χ3n) is 3.97. The molecule has 1 saturated carbocycles. The molecule has 4 nitrogen and oxygen atoms in total. The number of amides is 1. The largest absolute Gasteiger partial charge is 0.497 e. The van der Waals surface area contributed by atoms with E-state index in [9.17, 15) is 4.79 Å². The van der Waals surface area contributed by atoms with Gasteiger partial charge in [0.05, 0.1) is 12.7 Å². The van der Waals surface area contributed by atoms with Crippen LogP contribution in [0.1, 0.15) is 43.0 Å². The maximum atomic E-state index is 12.3. The van der Waals surface area contributed by atoms with Crippen LogP contribution in [0.25, 0.3) is 0 Å². The lowest BCUT2D eigenvalue weighted by Crippen LogP contribution is -2.37. The van der Waals surface area contributed by atoms with Gasteiger partial charge < -0.3 is 15.8 Å². The third kappa shape index (κ3) is 3.19. The fourth-order valence-corrected chi connectivity index (χ4v) is 2.72. The molecular formula is C15H22N2O2. The van der Waals surface area contributed by atoms with Crippen molar-refractivity contribution in [1.82, 2.24) is 5.32 Å². The van der Waals surface area contributed by atoms with Crippen molar-refractivity contribution in [2.45, 2.75) is 38.6 Å². The van der Waals surface area contributed by atoms with E-state index >= 15 is 0 Å². The van der Waals surface area contributed by atoms with Crippen molar-refractivity contribution in [1.29, 1.82) is 0 Å². The molecule has 1 aromatic rings. The number of nitrogens with two attached hydrogens (primary N) is 1. The van der Waals surface area contributed by atoms with Gasteiger partial charge in [0.2, 0.25) is 0 Å². The first-order valence-electron chi connectivity index (χ1n) is 6.86. The standard InChI is InChI=1S/C15H22N2O2/c1-10(11-5-3-4-6-11)17-15(18)13-9-12(19-2)7-8-14(13)16/h7-11H,3-6,16H2,1-2H3,(H,17,18). The summed E-state index contributed by atoms with van der Waals surface area (Å²) in [7, 11) is 1.58. The highest BCUT2D eigenvalue weighted by atomic mass is 16.5. The molecule has 4 heteroatoms. The van der Waals surface area contributed by atoms with E-state index in [4.69, 9.17) is 10.5 Å². The first-order chi connectivity index (χ1) is 9.11. The number of hydrogen-bond donors (Lipinski definition) is 2. The molecule has 0 spiro atoms. The smallest absolute Gasteiger partial charge is 0.253 e. The molecule has 0 heterocycles. The average Bonchev–Trinajstić information content (AvgIpc) is 2.93. The molecule has 0 radical (unpaired) electrons. The number of nitrogen functional groups attached to an aromatic ring is 1. The number of hydrogen-bond acceptors (Lipinski definition) is 3. The summed E-state index contributed by atoms with van der Waals surface area (Å²) >= 11 is 0. The molecule has 1 atom stereocenters. The van der Waals surface area contributed by atoms with Crippen LogP contribution < -0.4 is 15.8 Å². The minimum absolute atomic E-state index is 0.115. The summed E-state index contributed by atoms with van der Waals surface area (Å²) in [4.78, 5) is 12.3. The Balaban J connectivity index is 2.06. The topological polar surface area (TPSA) is 64.3 Å². The van der Waals surface area contributed by atoms with Crippen LogP contribution in [0.2, 0.25) is 0 Å². The van der Waals surface area contributed by atoms with Crippen molar-refractivity contribution >= 4 is 11.6 Å². The van der Waals surface area contributed by atoms with E-state index in [1.54, 1.807) is 25.3 Å².